The van der Waals surface area contributed by atoms with Crippen molar-refractivity contribution in [1.82, 2.24) is 4.31 Å². The van der Waals surface area contributed by atoms with Gasteiger partial charge in [0.2, 0.25) is 10.0 Å². The van der Waals surface area contributed by atoms with Gasteiger partial charge in [-0.2, -0.15) is 4.31 Å². The maximum absolute atomic E-state index is 12.9. The molecule has 3 rings (SSSR count). The highest BCUT2D eigenvalue weighted by molar-refractivity contribution is 7.89. The highest BCUT2D eigenvalue weighted by Gasteiger charge is 2.37. The van der Waals surface area contributed by atoms with E-state index in [0.29, 0.717) is 19.7 Å². The molecule has 0 spiro atoms. The van der Waals surface area contributed by atoms with Crippen molar-refractivity contribution < 1.29 is 17.5 Å². The summed E-state index contributed by atoms with van der Waals surface area (Å²) in [4.78, 5) is 0.108. The van der Waals surface area contributed by atoms with Gasteiger partial charge < -0.3 is 4.74 Å². The van der Waals surface area contributed by atoms with Crippen molar-refractivity contribution in [2.45, 2.75) is 24.5 Å². The number of hydrogen-bond acceptors (Lipinski definition) is 3. The van der Waals surface area contributed by atoms with E-state index < -0.39 is 15.8 Å². The lowest BCUT2D eigenvalue weighted by molar-refractivity contribution is -0.0297. The molecule has 1 heterocycles. The van der Waals surface area contributed by atoms with Crippen molar-refractivity contribution in [1.29, 1.82) is 0 Å². The first-order valence-electron chi connectivity index (χ1n) is 7.38. The van der Waals surface area contributed by atoms with E-state index in [9.17, 15) is 12.8 Å². The van der Waals surface area contributed by atoms with Gasteiger partial charge in [0.25, 0.3) is 0 Å². The van der Waals surface area contributed by atoms with Crippen molar-refractivity contribution in [3.63, 3.8) is 0 Å². The number of aryl methyl sites for hydroxylation is 1. The van der Waals surface area contributed by atoms with Crippen LogP contribution < -0.4 is 0 Å². The number of sulfonamides is 1. The molecule has 0 radical (unpaired) electrons. The number of nitrogens with zero attached hydrogens (tertiary/aromatic N) is 1. The van der Waals surface area contributed by atoms with E-state index in [-0.39, 0.29) is 11.0 Å². The van der Waals surface area contributed by atoms with Gasteiger partial charge in [-0.1, -0.05) is 24.3 Å². The summed E-state index contributed by atoms with van der Waals surface area (Å²) in [6.45, 7) is 3.14. The van der Waals surface area contributed by atoms with Crippen LogP contribution in [0.15, 0.2) is 53.4 Å². The first kappa shape index (κ1) is 16.1. The van der Waals surface area contributed by atoms with Crippen molar-refractivity contribution in [2.75, 3.05) is 13.1 Å². The summed E-state index contributed by atoms with van der Waals surface area (Å²) in [7, 11) is -3.56. The quantitative estimate of drug-likeness (QED) is 0.844. The zero-order valence-electron chi connectivity index (χ0n) is 12.8. The summed E-state index contributed by atoms with van der Waals surface area (Å²) in [5.41, 5.74) is 2.26. The van der Waals surface area contributed by atoms with Crippen molar-refractivity contribution in [2.24, 2.45) is 0 Å². The molecule has 0 aliphatic carbocycles. The lowest BCUT2D eigenvalue weighted by Gasteiger charge is -2.37. The SMILES string of the molecule is Cc1ccccc1COC1CN(S(=O)(=O)c2ccc(F)cc2)C1. The maximum Gasteiger partial charge on any atom is 0.243 e. The summed E-state index contributed by atoms with van der Waals surface area (Å²) in [5.74, 6) is -0.452. The zero-order valence-corrected chi connectivity index (χ0v) is 13.6. The van der Waals surface area contributed by atoms with E-state index in [2.05, 4.69) is 0 Å². The average molecular weight is 335 g/mol. The molecule has 1 fully saturated rings. The molecule has 2 aromatic rings. The van der Waals surface area contributed by atoms with Crippen LogP contribution in [0.25, 0.3) is 0 Å². The highest BCUT2D eigenvalue weighted by Crippen LogP contribution is 2.24. The number of rotatable bonds is 5. The Labute approximate surface area is 135 Å². The molecule has 122 valence electrons. The van der Waals surface area contributed by atoms with E-state index in [1.165, 1.54) is 16.4 Å². The van der Waals surface area contributed by atoms with Crippen LogP contribution in [0.1, 0.15) is 11.1 Å². The Kier molecular flexibility index (Phi) is 4.48. The van der Waals surface area contributed by atoms with E-state index >= 15 is 0 Å². The third-order valence-electron chi connectivity index (χ3n) is 4.00. The molecule has 0 atom stereocenters. The van der Waals surface area contributed by atoms with E-state index in [4.69, 9.17) is 4.74 Å². The minimum Gasteiger partial charge on any atom is -0.371 e. The third kappa shape index (κ3) is 3.44. The van der Waals surface area contributed by atoms with Gasteiger partial charge in [0.05, 0.1) is 17.6 Å². The first-order chi connectivity index (χ1) is 11.0. The smallest absolute Gasteiger partial charge is 0.243 e. The number of halogens is 1. The Balaban J connectivity index is 1.56. The van der Waals surface area contributed by atoms with Gasteiger partial charge in [0.15, 0.2) is 0 Å². The van der Waals surface area contributed by atoms with Gasteiger partial charge >= 0.3 is 0 Å². The second kappa shape index (κ2) is 6.39. The molecule has 1 aliphatic rings. The third-order valence-corrected chi connectivity index (χ3v) is 5.85. The van der Waals surface area contributed by atoms with Gasteiger partial charge in [-0.05, 0) is 42.3 Å². The lowest BCUT2D eigenvalue weighted by atomic mass is 10.1. The van der Waals surface area contributed by atoms with E-state index in [1.54, 1.807) is 0 Å². The predicted octanol–water partition coefficient (Wildman–Crippen LogP) is 2.72. The largest absolute Gasteiger partial charge is 0.371 e. The van der Waals surface area contributed by atoms with Crippen LogP contribution in [-0.4, -0.2) is 31.9 Å². The Morgan fingerprint density at radius 2 is 1.78 bits per heavy atom. The Morgan fingerprint density at radius 1 is 1.13 bits per heavy atom. The van der Waals surface area contributed by atoms with Crippen molar-refractivity contribution in [3.8, 4) is 0 Å². The molecule has 0 amide bonds. The topological polar surface area (TPSA) is 46.6 Å². The monoisotopic (exact) mass is 335 g/mol. The Hall–Kier alpha value is -1.76. The lowest BCUT2D eigenvalue weighted by Crippen LogP contribution is -2.54. The minimum atomic E-state index is -3.56. The molecule has 0 N–H and O–H groups in total. The molecule has 1 saturated heterocycles. The molecule has 0 bridgehead atoms. The molecule has 4 nitrogen and oxygen atoms in total. The van der Waals surface area contributed by atoms with Crippen molar-refractivity contribution in [3.05, 3.63) is 65.5 Å². The summed E-state index contributed by atoms with van der Waals surface area (Å²) in [5, 5.41) is 0. The molecule has 0 aromatic heterocycles. The van der Waals surface area contributed by atoms with Gasteiger partial charge in [0.1, 0.15) is 5.82 Å². The number of hydrogen-bond donors (Lipinski definition) is 0. The molecule has 2 aromatic carbocycles. The summed E-state index contributed by atoms with van der Waals surface area (Å²) in [6, 6.07) is 12.8. The van der Waals surface area contributed by atoms with Gasteiger partial charge in [0, 0.05) is 13.1 Å². The normalized spacial score (nSPS) is 16.3. The van der Waals surface area contributed by atoms with E-state index in [1.807, 2.05) is 31.2 Å². The predicted molar refractivity (Wildman–Crippen MR) is 84.9 cm³/mol. The fraction of sp³-hybridized carbons (Fsp3) is 0.294. The van der Waals surface area contributed by atoms with Gasteiger partial charge in [-0.25, -0.2) is 12.8 Å². The molecule has 0 saturated carbocycles. The summed E-state index contributed by atoms with van der Waals surface area (Å²) >= 11 is 0. The zero-order chi connectivity index (χ0) is 16.4. The summed E-state index contributed by atoms with van der Waals surface area (Å²) < 4.78 is 44.7. The van der Waals surface area contributed by atoms with Gasteiger partial charge in [-0.15, -0.1) is 0 Å². The molecular weight excluding hydrogens is 317 g/mol. The minimum absolute atomic E-state index is 0.107. The van der Waals surface area contributed by atoms with Crippen LogP contribution >= 0.6 is 0 Å². The molecule has 6 heteroatoms. The summed E-state index contributed by atoms with van der Waals surface area (Å²) in [6.07, 6.45) is -0.107. The fourth-order valence-electron chi connectivity index (χ4n) is 2.44. The Bertz CT molecular complexity index is 784. The number of benzene rings is 2. The number of ether oxygens (including phenoxy) is 1. The Morgan fingerprint density at radius 3 is 2.43 bits per heavy atom. The van der Waals surface area contributed by atoms with Crippen LogP contribution in [0.5, 0.6) is 0 Å². The maximum atomic E-state index is 12.9. The van der Waals surface area contributed by atoms with Crippen LogP contribution in [0.3, 0.4) is 0 Å². The standard InChI is InChI=1S/C17H18FNO3S/c1-13-4-2-3-5-14(13)12-22-16-10-19(11-16)23(20,21)17-8-6-15(18)7-9-17/h2-9,16H,10-12H2,1H3. The average Bonchev–Trinajstić information content (AvgIpc) is 2.47. The molecule has 0 unspecified atom stereocenters. The molecular formula is C17H18FNO3S. The van der Waals surface area contributed by atoms with Crippen LogP contribution in [-0.2, 0) is 21.4 Å². The van der Waals surface area contributed by atoms with Crippen LogP contribution in [0.4, 0.5) is 4.39 Å². The fourth-order valence-corrected chi connectivity index (χ4v) is 3.94. The van der Waals surface area contributed by atoms with Gasteiger partial charge in [-0.3, -0.25) is 0 Å². The molecule has 1 aliphatic heterocycles. The van der Waals surface area contributed by atoms with Crippen LogP contribution in [0, 0.1) is 12.7 Å². The second-order valence-electron chi connectivity index (χ2n) is 5.64. The highest BCUT2D eigenvalue weighted by atomic mass is 32.2. The first-order valence-corrected chi connectivity index (χ1v) is 8.82. The van der Waals surface area contributed by atoms with Crippen LogP contribution in [0.2, 0.25) is 0 Å². The molecule has 23 heavy (non-hydrogen) atoms. The van der Waals surface area contributed by atoms with E-state index in [0.717, 1.165) is 23.3 Å². The van der Waals surface area contributed by atoms with Crippen molar-refractivity contribution >= 4 is 10.0 Å². The second-order valence-corrected chi connectivity index (χ2v) is 7.57.